The average molecular weight is 172 g/mol. The first kappa shape index (κ1) is 9.00. The van der Waals surface area contributed by atoms with Gasteiger partial charge in [0.05, 0.1) is 0 Å². The third-order valence-corrected chi connectivity index (χ3v) is 1.56. The fourth-order valence-electron chi connectivity index (χ4n) is 0.919. The van der Waals surface area contributed by atoms with Gasteiger partial charge in [-0.05, 0) is 23.3 Å². The minimum Gasteiger partial charge on any atom is -0.384 e. The number of nitrogens with one attached hydrogen (secondary N) is 2. The Morgan fingerprint density at radius 3 is 2.73 bits per heavy atom. The molecule has 4 heteroatoms. The summed E-state index contributed by atoms with van der Waals surface area (Å²) in [6.07, 6.45) is 0. The zero-order valence-corrected chi connectivity index (χ0v) is 8.96. The fourth-order valence-corrected chi connectivity index (χ4v) is 1.14. The number of aromatic nitrogens is 2. The Bertz CT molecular complexity index is 368. The number of hydrogen-bond donors (Lipinski definition) is 2. The van der Waals surface area contributed by atoms with Gasteiger partial charge in [-0.25, -0.2) is 0 Å². The Morgan fingerprint density at radius 1 is 1.27 bits per heavy atom. The summed E-state index contributed by atoms with van der Waals surface area (Å²) in [6, 6.07) is 8.59. The molecule has 1 heterocycles. The molecule has 1 aromatic heterocycles. The maximum absolute atomic E-state index is 4.89. The van der Waals surface area contributed by atoms with Crippen molar-refractivity contribution in [3.05, 3.63) is 29.0 Å². The Kier molecular flexibility index (Phi) is 2.90. The van der Waals surface area contributed by atoms with E-state index in [1.54, 1.807) is 0 Å². The molecule has 2 aromatic rings. The number of rotatable bonds is 0. The van der Waals surface area contributed by atoms with Gasteiger partial charge in [0.15, 0.2) is 4.77 Å². The van der Waals surface area contributed by atoms with Crippen molar-refractivity contribution in [2.75, 3.05) is 0 Å². The monoisotopic (exact) mass is 172 g/mol. The van der Waals surface area contributed by atoms with Gasteiger partial charge in [-0.1, -0.05) is 0 Å². The average Bonchev–Trinajstić information content (AvgIpc) is 2.27. The van der Waals surface area contributed by atoms with Crippen LogP contribution >= 0.6 is 12.2 Å². The molecule has 0 aliphatic carbocycles. The van der Waals surface area contributed by atoms with Crippen LogP contribution in [-0.2, 0) is 0 Å². The first-order valence-corrected chi connectivity index (χ1v) is 3.35. The van der Waals surface area contributed by atoms with Crippen LogP contribution in [0.3, 0.4) is 0 Å². The van der Waals surface area contributed by atoms with E-state index in [1.165, 1.54) is 0 Å². The minimum atomic E-state index is 0. The van der Waals surface area contributed by atoms with E-state index in [0.29, 0.717) is 4.77 Å². The van der Waals surface area contributed by atoms with Crippen LogP contribution in [0.15, 0.2) is 18.2 Å². The molecule has 0 saturated heterocycles. The Balaban J connectivity index is 0.000000605. The van der Waals surface area contributed by atoms with Gasteiger partial charge in [-0.2, -0.15) is 18.2 Å². The Morgan fingerprint density at radius 2 is 2.00 bits per heavy atom. The second-order valence-corrected chi connectivity index (χ2v) is 2.46. The summed E-state index contributed by atoms with van der Waals surface area (Å²) in [6.45, 7) is 0. The van der Waals surface area contributed by atoms with Crippen LogP contribution in [0, 0.1) is 10.8 Å². The molecule has 0 spiro atoms. The van der Waals surface area contributed by atoms with E-state index in [1.807, 2.05) is 18.2 Å². The van der Waals surface area contributed by atoms with Crippen molar-refractivity contribution in [1.29, 1.82) is 0 Å². The molecule has 1 aromatic carbocycles. The Labute approximate surface area is 91.3 Å². The van der Waals surface area contributed by atoms with Gasteiger partial charge in [-0.15, -0.1) is 6.07 Å². The van der Waals surface area contributed by atoms with Gasteiger partial charge < -0.3 is 9.97 Å². The molecule has 0 atom stereocenters. The molecule has 0 aliphatic rings. The molecule has 50 valence electrons. The van der Waals surface area contributed by atoms with Crippen LogP contribution in [0.4, 0.5) is 0 Å². The van der Waals surface area contributed by atoms with Crippen LogP contribution in [-0.4, -0.2) is 9.97 Å². The van der Waals surface area contributed by atoms with Crippen molar-refractivity contribution in [3.8, 4) is 0 Å². The molecule has 2 nitrogen and oxygen atoms in total. The third-order valence-electron chi connectivity index (χ3n) is 1.36. The molecule has 0 bridgehead atoms. The van der Waals surface area contributed by atoms with Crippen molar-refractivity contribution in [3.63, 3.8) is 0 Å². The van der Waals surface area contributed by atoms with Crippen molar-refractivity contribution in [2.45, 2.75) is 0 Å². The Hall–Kier alpha value is -0.0900. The van der Waals surface area contributed by atoms with E-state index in [0.717, 1.165) is 11.0 Å². The summed E-state index contributed by atoms with van der Waals surface area (Å²) >= 11 is 4.89. The van der Waals surface area contributed by atoms with Gasteiger partial charge in [-0.3, -0.25) is 0 Å². The van der Waals surface area contributed by atoms with Crippen LogP contribution in [0.5, 0.6) is 0 Å². The summed E-state index contributed by atoms with van der Waals surface area (Å²) < 4.78 is 0.662. The van der Waals surface area contributed by atoms with Crippen molar-refractivity contribution in [1.82, 2.24) is 9.97 Å². The summed E-state index contributed by atoms with van der Waals surface area (Å²) in [4.78, 5) is 5.98. The van der Waals surface area contributed by atoms with E-state index in [4.69, 9.17) is 12.2 Å². The molecule has 0 aliphatic heterocycles. The van der Waals surface area contributed by atoms with Crippen LogP contribution < -0.4 is 29.6 Å². The van der Waals surface area contributed by atoms with Gasteiger partial charge in [0, 0.05) is 0 Å². The van der Waals surface area contributed by atoms with Crippen LogP contribution in [0.2, 0.25) is 0 Å². The largest absolute Gasteiger partial charge is 1.00 e. The second kappa shape index (κ2) is 3.54. The van der Waals surface area contributed by atoms with Crippen molar-refractivity contribution >= 4 is 23.3 Å². The third kappa shape index (κ3) is 1.73. The van der Waals surface area contributed by atoms with Crippen LogP contribution in [0.1, 0.15) is 0 Å². The van der Waals surface area contributed by atoms with Gasteiger partial charge in [0.2, 0.25) is 0 Å². The molecule has 0 radical (unpaired) electrons. The molecular formula is C7H5N2NaS. The molecule has 2 N–H and O–H groups in total. The van der Waals surface area contributed by atoms with E-state index in [-0.39, 0.29) is 29.6 Å². The van der Waals surface area contributed by atoms with E-state index >= 15 is 0 Å². The van der Waals surface area contributed by atoms with Crippen molar-refractivity contribution in [2.24, 2.45) is 0 Å². The summed E-state index contributed by atoms with van der Waals surface area (Å²) in [7, 11) is 0. The smallest absolute Gasteiger partial charge is 0.384 e. The normalized spacial score (nSPS) is 9.45. The maximum Gasteiger partial charge on any atom is 1.00 e. The van der Waals surface area contributed by atoms with E-state index in [2.05, 4.69) is 16.0 Å². The number of benzene rings is 1. The molecule has 2 rings (SSSR count). The summed E-state index contributed by atoms with van der Waals surface area (Å²) in [5.74, 6) is 0. The number of aromatic amines is 2. The van der Waals surface area contributed by atoms with Crippen molar-refractivity contribution < 1.29 is 29.6 Å². The summed E-state index contributed by atoms with van der Waals surface area (Å²) in [5.41, 5.74) is 2.04. The van der Waals surface area contributed by atoms with Gasteiger partial charge >= 0.3 is 29.6 Å². The van der Waals surface area contributed by atoms with E-state index < -0.39 is 0 Å². The number of fused-ring (bicyclic) bond motifs is 1. The first-order chi connectivity index (χ1) is 4.86. The molecule has 0 fully saturated rings. The predicted molar refractivity (Wildman–Crippen MR) is 42.3 cm³/mol. The molecule has 0 saturated carbocycles. The molecule has 0 unspecified atom stereocenters. The number of H-pyrrole nitrogens is 2. The molecular weight excluding hydrogens is 167 g/mol. The van der Waals surface area contributed by atoms with Crippen LogP contribution in [0.25, 0.3) is 11.0 Å². The molecule has 0 amide bonds. The first-order valence-electron chi connectivity index (χ1n) is 2.94. The van der Waals surface area contributed by atoms with Gasteiger partial charge in [0.25, 0.3) is 0 Å². The quantitative estimate of drug-likeness (QED) is 0.299. The maximum atomic E-state index is 4.89. The number of hydrogen-bond acceptors (Lipinski definition) is 1. The fraction of sp³-hybridized carbons (Fsp3) is 0. The second-order valence-electron chi connectivity index (χ2n) is 2.05. The predicted octanol–water partition coefficient (Wildman–Crippen LogP) is -0.970. The summed E-state index contributed by atoms with van der Waals surface area (Å²) in [5, 5.41) is 0. The van der Waals surface area contributed by atoms with Gasteiger partial charge in [0.1, 0.15) is 0 Å². The molecule has 11 heavy (non-hydrogen) atoms. The zero-order valence-electron chi connectivity index (χ0n) is 6.14. The number of imidazole rings is 1. The van der Waals surface area contributed by atoms with E-state index in [9.17, 15) is 0 Å². The topological polar surface area (TPSA) is 31.6 Å². The minimum absolute atomic E-state index is 0. The standard InChI is InChI=1S/C7H5N2S.Na/c10-7-8-5-3-1-2-4-6(5)9-7;/h1,3-4H,(H2,8,9,10);/q-1;+1. The zero-order chi connectivity index (χ0) is 6.97. The SMILES string of the molecule is S=c1[nH]c2c[c-]ccc2[nH]1.[Na+].